The Balaban J connectivity index is 2.44. The highest BCUT2D eigenvalue weighted by atomic mass is 15.2. The lowest BCUT2D eigenvalue weighted by Gasteiger charge is -2.17. The second-order valence-corrected chi connectivity index (χ2v) is 4.56. The zero-order valence-electron chi connectivity index (χ0n) is 11.6. The minimum absolute atomic E-state index is 0.617. The number of likely N-dealkylation sites (N-methyl/N-ethyl adjacent to an activating group) is 1. The van der Waals surface area contributed by atoms with Crippen molar-refractivity contribution >= 4 is 11.6 Å². The zero-order valence-corrected chi connectivity index (χ0v) is 11.6. The van der Waals surface area contributed by atoms with Gasteiger partial charge in [-0.2, -0.15) is 0 Å². The minimum atomic E-state index is 0.617. The molecule has 0 bridgehead atoms. The summed E-state index contributed by atoms with van der Waals surface area (Å²) in [4.78, 5) is 12.6. The van der Waals surface area contributed by atoms with Gasteiger partial charge in [-0.05, 0) is 27.1 Å². The molecule has 1 aromatic rings. The van der Waals surface area contributed by atoms with Crippen LogP contribution in [0.4, 0.5) is 11.6 Å². The quantitative estimate of drug-likeness (QED) is 0.646. The molecule has 1 heterocycles. The first-order valence-electron chi connectivity index (χ1n) is 6.25. The van der Waals surface area contributed by atoms with Gasteiger partial charge in [-0.3, -0.25) is 0 Å². The molecule has 0 aromatic carbocycles. The van der Waals surface area contributed by atoms with Crippen LogP contribution >= 0.6 is 0 Å². The number of hydrogen-bond donors (Lipinski definition) is 2. The van der Waals surface area contributed by atoms with Crippen LogP contribution < -0.4 is 16.0 Å². The molecule has 0 fully saturated rings. The predicted octanol–water partition coefficient (Wildman–Crippen LogP) is 0.235. The molecule has 0 spiro atoms. The molecule has 6 nitrogen and oxygen atoms in total. The normalized spacial score (nSPS) is 10.7. The van der Waals surface area contributed by atoms with Gasteiger partial charge in [-0.1, -0.05) is 0 Å². The van der Waals surface area contributed by atoms with Crippen molar-refractivity contribution in [2.24, 2.45) is 5.73 Å². The summed E-state index contributed by atoms with van der Waals surface area (Å²) in [5, 5.41) is 3.30. The van der Waals surface area contributed by atoms with E-state index < -0.39 is 0 Å². The molecule has 1 rings (SSSR count). The number of hydrogen-bond acceptors (Lipinski definition) is 6. The van der Waals surface area contributed by atoms with Crippen LogP contribution in [0.2, 0.25) is 0 Å². The Labute approximate surface area is 109 Å². The number of nitrogens with zero attached hydrogens (tertiary/aromatic N) is 4. The summed E-state index contributed by atoms with van der Waals surface area (Å²) in [5.74, 6) is 1.76. The summed E-state index contributed by atoms with van der Waals surface area (Å²) in [5.41, 5.74) is 5.53. The van der Waals surface area contributed by atoms with E-state index in [4.69, 9.17) is 5.73 Å². The Bertz CT molecular complexity index is 341. The molecule has 0 aliphatic carbocycles. The predicted molar refractivity (Wildman–Crippen MR) is 76.0 cm³/mol. The smallest absolute Gasteiger partial charge is 0.133 e. The first-order chi connectivity index (χ1) is 8.63. The van der Waals surface area contributed by atoms with Crippen molar-refractivity contribution in [3.63, 3.8) is 0 Å². The monoisotopic (exact) mass is 252 g/mol. The number of aromatic nitrogens is 2. The highest BCUT2D eigenvalue weighted by Crippen LogP contribution is 2.11. The van der Waals surface area contributed by atoms with Gasteiger partial charge in [0, 0.05) is 32.7 Å². The zero-order chi connectivity index (χ0) is 13.4. The third-order valence-electron chi connectivity index (χ3n) is 2.60. The lowest BCUT2D eigenvalue weighted by atomic mass is 10.4. The van der Waals surface area contributed by atoms with Crippen LogP contribution in [0, 0.1) is 0 Å². The SMILES string of the molecule is CN(C)CCCNc1cc(N(C)CCN)ncn1. The lowest BCUT2D eigenvalue weighted by molar-refractivity contribution is 0.405. The molecule has 102 valence electrons. The highest BCUT2D eigenvalue weighted by Gasteiger charge is 2.03. The van der Waals surface area contributed by atoms with Crippen molar-refractivity contribution in [2.75, 3.05) is 57.5 Å². The van der Waals surface area contributed by atoms with Crippen LogP contribution in [-0.4, -0.2) is 62.2 Å². The van der Waals surface area contributed by atoms with Crippen LogP contribution in [-0.2, 0) is 0 Å². The molecule has 1 aromatic heterocycles. The molecule has 3 N–H and O–H groups in total. The third-order valence-corrected chi connectivity index (χ3v) is 2.60. The number of rotatable bonds is 8. The average Bonchev–Trinajstić information content (AvgIpc) is 2.35. The van der Waals surface area contributed by atoms with Crippen molar-refractivity contribution in [2.45, 2.75) is 6.42 Å². The molecule has 0 aliphatic heterocycles. The Morgan fingerprint density at radius 3 is 2.67 bits per heavy atom. The Morgan fingerprint density at radius 2 is 2.00 bits per heavy atom. The molecule has 0 saturated heterocycles. The van der Waals surface area contributed by atoms with E-state index in [9.17, 15) is 0 Å². The van der Waals surface area contributed by atoms with Crippen LogP contribution in [0.5, 0.6) is 0 Å². The second kappa shape index (κ2) is 7.84. The molecule has 0 unspecified atom stereocenters. The molecule has 0 saturated carbocycles. The molecule has 0 aliphatic rings. The van der Waals surface area contributed by atoms with E-state index in [0.717, 1.165) is 37.7 Å². The molecule has 0 atom stereocenters. The number of nitrogens with one attached hydrogen (secondary N) is 1. The van der Waals surface area contributed by atoms with Crippen LogP contribution in [0.1, 0.15) is 6.42 Å². The van der Waals surface area contributed by atoms with E-state index in [1.807, 2.05) is 18.0 Å². The maximum absolute atomic E-state index is 5.53. The van der Waals surface area contributed by atoms with Crippen LogP contribution in [0.3, 0.4) is 0 Å². The third kappa shape index (κ3) is 5.29. The van der Waals surface area contributed by atoms with Crippen molar-refractivity contribution in [3.05, 3.63) is 12.4 Å². The van der Waals surface area contributed by atoms with E-state index in [1.165, 1.54) is 0 Å². The van der Waals surface area contributed by atoms with Gasteiger partial charge in [0.05, 0.1) is 0 Å². The molecule has 0 radical (unpaired) electrons. The van der Waals surface area contributed by atoms with Crippen molar-refractivity contribution in [3.8, 4) is 0 Å². The van der Waals surface area contributed by atoms with Crippen molar-refractivity contribution in [1.82, 2.24) is 14.9 Å². The molecule has 6 heteroatoms. The Kier molecular flexibility index (Phi) is 6.38. The van der Waals surface area contributed by atoms with E-state index >= 15 is 0 Å². The largest absolute Gasteiger partial charge is 0.370 e. The van der Waals surface area contributed by atoms with Crippen LogP contribution in [0.15, 0.2) is 12.4 Å². The first kappa shape index (κ1) is 14.7. The fourth-order valence-corrected chi connectivity index (χ4v) is 1.57. The van der Waals surface area contributed by atoms with Gasteiger partial charge in [0.25, 0.3) is 0 Å². The van der Waals surface area contributed by atoms with Gasteiger partial charge in [-0.25, -0.2) is 9.97 Å². The lowest BCUT2D eigenvalue weighted by Crippen LogP contribution is -2.26. The molecular formula is C12H24N6. The summed E-state index contributed by atoms with van der Waals surface area (Å²) in [7, 11) is 6.13. The molecular weight excluding hydrogens is 228 g/mol. The molecule has 0 amide bonds. The summed E-state index contributed by atoms with van der Waals surface area (Å²) in [6.07, 6.45) is 2.67. The summed E-state index contributed by atoms with van der Waals surface area (Å²) < 4.78 is 0. The highest BCUT2D eigenvalue weighted by molar-refractivity contribution is 5.47. The summed E-state index contributed by atoms with van der Waals surface area (Å²) in [6.45, 7) is 3.39. The van der Waals surface area contributed by atoms with Gasteiger partial charge in [0.2, 0.25) is 0 Å². The maximum atomic E-state index is 5.53. The standard InChI is InChI=1S/C12H24N6/c1-17(2)7-4-6-14-11-9-12(16-10-15-11)18(3)8-5-13/h9-10H,4-8,13H2,1-3H3,(H,14,15,16). The van der Waals surface area contributed by atoms with E-state index in [0.29, 0.717) is 6.54 Å². The van der Waals surface area contributed by atoms with E-state index in [1.54, 1.807) is 6.33 Å². The summed E-state index contributed by atoms with van der Waals surface area (Å²) >= 11 is 0. The summed E-state index contributed by atoms with van der Waals surface area (Å²) in [6, 6.07) is 1.95. The van der Waals surface area contributed by atoms with Gasteiger partial charge >= 0.3 is 0 Å². The maximum Gasteiger partial charge on any atom is 0.133 e. The van der Waals surface area contributed by atoms with Crippen molar-refractivity contribution in [1.29, 1.82) is 0 Å². The Morgan fingerprint density at radius 1 is 1.22 bits per heavy atom. The first-order valence-corrected chi connectivity index (χ1v) is 6.25. The molecule has 18 heavy (non-hydrogen) atoms. The van der Waals surface area contributed by atoms with Gasteiger partial charge < -0.3 is 20.9 Å². The van der Waals surface area contributed by atoms with Crippen molar-refractivity contribution < 1.29 is 0 Å². The average molecular weight is 252 g/mol. The van der Waals surface area contributed by atoms with Crippen LogP contribution in [0.25, 0.3) is 0 Å². The topological polar surface area (TPSA) is 70.3 Å². The number of anilines is 2. The minimum Gasteiger partial charge on any atom is -0.370 e. The van der Waals surface area contributed by atoms with E-state index in [-0.39, 0.29) is 0 Å². The van der Waals surface area contributed by atoms with Gasteiger partial charge in [-0.15, -0.1) is 0 Å². The Hall–Kier alpha value is -1.40. The van der Waals surface area contributed by atoms with E-state index in [2.05, 4.69) is 34.3 Å². The van der Waals surface area contributed by atoms with Gasteiger partial charge in [0.15, 0.2) is 0 Å². The second-order valence-electron chi connectivity index (χ2n) is 4.56. The number of nitrogens with two attached hydrogens (primary N) is 1. The van der Waals surface area contributed by atoms with Gasteiger partial charge in [0.1, 0.15) is 18.0 Å². The fourth-order valence-electron chi connectivity index (χ4n) is 1.57. The fraction of sp³-hybridized carbons (Fsp3) is 0.667.